The van der Waals surface area contributed by atoms with Crippen molar-refractivity contribution in [3.63, 3.8) is 0 Å². The van der Waals surface area contributed by atoms with E-state index in [1.54, 1.807) is 0 Å². The van der Waals surface area contributed by atoms with Gasteiger partial charge in [0, 0.05) is 5.92 Å². The van der Waals surface area contributed by atoms with E-state index in [0.717, 1.165) is 38.8 Å². The third-order valence-electron chi connectivity index (χ3n) is 6.58. The topological polar surface area (TPSA) is 38.3 Å². The zero-order valence-corrected chi connectivity index (χ0v) is 19.5. The van der Waals surface area contributed by atoms with Crippen molar-refractivity contribution in [2.24, 2.45) is 11.8 Å². The maximum atomic E-state index is 12.5. The van der Waals surface area contributed by atoms with E-state index >= 15 is 0 Å². The van der Waals surface area contributed by atoms with E-state index in [1.165, 1.54) is 70.6 Å². The van der Waals surface area contributed by atoms with Gasteiger partial charge in [0.05, 0.1) is 5.92 Å². The van der Waals surface area contributed by atoms with Crippen LogP contribution in [0, 0.1) is 11.8 Å². The second kappa shape index (κ2) is 15.3. The number of hydrogen-bond acceptors (Lipinski definition) is 3. The zero-order valence-electron chi connectivity index (χ0n) is 19.5. The SMILES string of the molecule is CCCCCCCCCCCCCCC(C)C(=O)OC(C)(C)C1CCNCC1. The Morgan fingerprint density at radius 3 is 1.86 bits per heavy atom. The number of carbonyl (C=O) groups is 1. The van der Waals surface area contributed by atoms with Crippen molar-refractivity contribution in [2.75, 3.05) is 13.1 Å². The van der Waals surface area contributed by atoms with E-state index in [9.17, 15) is 4.79 Å². The molecule has 1 saturated heterocycles. The molecule has 1 aliphatic heterocycles. The lowest BCUT2D eigenvalue weighted by Gasteiger charge is -2.37. The number of esters is 1. The fourth-order valence-electron chi connectivity index (χ4n) is 4.37. The molecule has 0 aromatic rings. The molecule has 1 aliphatic rings. The summed E-state index contributed by atoms with van der Waals surface area (Å²) >= 11 is 0. The van der Waals surface area contributed by atoms with Gasteiger partial charge in [-0.3, -0.25) is 4.79 Å². The van der Waals surface area contributed by atoms with Crippen LogP contribution in [0.25, 0.3) is 0 Å². The summed E-state index contributed by atoms with van der Waals surface area (Å²) in [6.07, 6.45) is 19.5. The van der Waals surface area contributed by atoms with Crippen molar-refractivity contribution < 1.29 is 9.53 Å². The summed E-state index contributed by atoms with van der Waals surface area (Å²) in [4.78, 5) is 12.5. The normalized spacial score (nSPS) is 16.9. The Morgan fingerprint density at radius 2 is 1.36 bits per heavy atom. The fourth-order valence-corrected chi connectivity index (χ4v) is 4.37. The van der Waals surface area contributed by atoms with Gasteiger partial charge in [0.25, 0.3) is 0 Å². The Balaban J connectivity index is 2.00. The van der Waals surface area contributed by atoms with Crippen LogP contribution in [0.15, 0.2) is 0 Å². The number of unbranched alkanes of at least 4 members (excludes halogenated alkanes) is 11. The van der Waals surface area contributed by atoms with Crippen LogP contribution < -0.4 is 5.32 Å². The van der Waals surface area contributed by atoms with Gasteiger partial charge in [-0.1, -0.05) is 90.9 Å². The van der Waals surface area contributed by atoms with Crippen LogP contribution in [-0.2, 0) is 9.53 Å². The van der Waals surface area contributed by atoms with Crippen molar-refractivity contribution in [1.29, 1.82) is 0 Å². The second-order valence-corrected chi connectivity index (χ2v) is 9.63. The second-order valence-electron chi connectivity index (χ2n) is 9.63. The molecule has 0 bridgehead atoms. The van der Waals surface area contributed by atoms with E-state index in [-0.39, 0.29) is 17.5 Å². The Kier molecular flexibility index (Phi) is 13.9. The predicted octanol–water partition coefficient (Wildman–Crippen LogP) is 7.04. The minimum Gasteiger partial charge on any atom is -0.459 e. The first-order valence-electron chi connectivity index (χ1n) is 12.4. The molecule has 0 spiro atoms. The van der Waals surface area contributed by atoms with E-state index < -0.39 is 0 Å². The van der Waals surface area contributed by atoms with E-state index in [1.807, 2.05) is 6.92 Å². The van der Waals surface area contributed by atoms with E-state index in [4.69, 9.17) is 4.74 Å². The molecular weight excluding hydrogens is 346 g/mol. The lowest BCUT2D eigenvalue weighted by molar-refractivity contribution is -0.167. The minimum absolute atomic E-state index is 0.00612. The number of rotatable bonds is 16. The quantitative estimate of drug-likeness (QED) is 0.225. The molecule has 28 heavy (non-hydrogen) atoms. The van der Waals surface area contributed by atoms with Crippen LogP contribution in [0.3, 0.4) is 0 Å². The van der Waals surface area contributed by atoms with E-state index in [2.05, 4.69) is 26.1 Å². The molecule has 1 fully saturated rings. The summed E-state index contributed by atoms with van der Waals surface area (Å²) in [6.45, 7) is 10.6. The van der Waals surface area contributed by atoms with Gasteiger partial charge in [0.15, 0.2) is 0 Å². The first-order chi connectivity index (χ1) is 13.5. The lowest BCUT2D eigenvalue weighted by Crippen LogP contribution is -2.43. The Bertz CT molecular complexity index is 388. The maximum absolute atomic E-state index is 12.5. The molecule has 1 N–H and O–H groups in total. The summed E-state index contributed by atoms with van der Waals surface area (Å²) in [6, 6.07) is 0. The molecule has 1 rings (SSSR count). The lowest BCUT2D eigenvalue weighted by atomic mass is 9.83. The highest BCUT2D eigenvalue weighted by atomic mass is 16.6. The predicted molar refractivity (Wildman–Crippen MR) is 121 cm³/mol. The standard InChI is InChI=1S/C25H49NO2/c1-5-6-7-8-9-10-11-12-13-14-15-16-17-22(2)24(27)28-25(3,4)23-18-20-26-21-19-23/h22-23,26H,5-21H2,1-4H3. The van der Waals surface area contributed by atoms with Gasteiger partial charge in [-0.05, 0) is 46.2 Å². The molecule has 0 aromatic heterocycles. The van der Waals surface area contributed by atoms with Gasteiger partial charge in [0.2, 0.25) is 0 Å². The van der Waals surface area contributed by atoms with Gasteiger partial charge in [-0.2, -0.15) is 0 Å². The number of carbonyl (C=O) groups excluding carboxylic acids is 1. The van der Waals surface area contributed by atoms with Crippen LogP contribution in [0.5, 0.6) is 0 Å². The first kappa shape index (κ1) is 25.5. The summed E-state index contributed by atoms with van der Waals surface area (Å²) in [5.41, 5.74) is -0.329. The Labute approximate surface area is 175 Å². The average Bonchev–Trinajstić information content (AvgIpc) is 2.69. The smallest absolute Gasteiger partial charge is 0.309 e. The van der Waals surface area contributed by atoms with Crippen LogP contribution in [0.4, 0.5) is 0 Å². The highest BCUT2D eigenvalue weighted by Gasteiger charge is 2.35. The highest BCUT2D eigenvalue weighted by molar-refractivity contribution is 5.72. The maximum Gasteiger partial charge on any atom is 0.309 e. The molecule has 1 atom stereocenters. The number of hydrogen-bond donors (Lipinski definition) is 1. The molecule has 0 amide bonds. The summed E-state index contributed by atoms with van der Waals surface area (Å²) in [5, 5.41) is 3.39. The van der Waals surface area contributed by atoms with Gasteiger partial charge in [-0.15, -0.1) is 0 Å². The van der Waals surface area contributed by atoms with Gasteiger partial charge in [-0.25, -0.2) is 0 Å². The third kappa shape index (κ3) is 11.4. The van der Waals surface area contributed by atoms with Crippen LogP contribution >= 0.6 is 0 Å². The van der Waals surface area contributed by atoms with Gasteiger partial charge in [0.1, 0.15) is 5.60 Å². The molecule has 0 saturated carbocycles. The Morgan fingerprint density at radius 1 is 0.893 bits per heavy atom. The fraction of sp³-hybridized carbons (Fsp3) is 0.960. The number of nitrogens with one attached hydrogen (secondary N) is 1. The average molecular weight is 396 g/mol. The highest BCUT2D eigenvalue weighted by Crippen LogP contribution is 2.30. The largest absolute Gasteiger partial charge is 0.459 e. The molecule has 166 valence electrons. The zero-order chi connectivity index (χ0) is 20.7. The van der Waals surface area contributed by atoms with Crippen molar-refractivity contribution >= 4 is 5.97 Å². The molecule has 0 radical (unpaired) electrons. The molecule has 3 heteroatoms. The van der Waals surface area contributed by atoms with Crippen molar-refractivity contribution in [3.8, 4) is 0 Å². The molecule has 1 unspecified atom stereocenters. The van der Waals surface area contributed by atoms with Crippen molar-refractivity contribution in [1.82, 2.24) is 5.32 Å². The Hall–Kier alpha value is -0.570. The van der Waals surface area contributed by atoms with E-state index in [0.29, 0.717) is 5.92 Å². The minimum atomic E-state index is -0.329. The molecule has 0 aliphatic carbocycles. The molecular formula is C25H49NO2. The summed E-state index contributed by atoms with van der Waals surface area (Å²) in [7, 11) is 0. The van der Waals surface area contributed by atoms with Crippen LogP contribution in [0.1, 0.15) is 124 Å². The summed E-state index contributed by atoms with van der Waals surface area (Å²) in [5.74, 6) is 0.521. The first-order valence-corrected chi connectivity index (χ1v) is 12.4. The van der Waals surface area contributed by atoms with Crippen molar-refractivity contribution in [2.45, 2.75) is 130 Å². The van der Waals surface area contributed by atoms with Crippen LogP contribution in [0.2, 0.25) is 0 Å². The van der Waals surface area contributed by atoms with Gasteiger partial charge < -0.3 is 10.1 Å². The van der Waals surface area contributed by atoms with Gasteiger partial charge >= 0.3 is 5.97 Å². The number of ether oxygens (including phenoxy) is 1. The monoisotopic (exact) mass is 395 g/mol. The molecule has 3 nitrogen and oxygen atoms in total. The third-order valence-corrected chi connectivity index (χ3v) is 6.58. The van der Waals surface area contributed by atoms with Crippen molar-refractivity contribution in [3.05, 3.63) is 0 Å². The summed E-state index contributed by atoms with van der Waals surface area (Å²) < 4.78 is 5.93. The molecule has 1 heterocycles. The number of piperidine rings is 1. The molecule has 0 aromatic carbocycles. The van der Waals surface area contributed by atoms with Crippen LogP contribution in [-0.4, -0.2) is 24.7 Å².